The van der Waals surface area contributed by atoms with Gasteiger partial charge in [-0.2, -0.15) is 0 Å². The van der Waals surface area contributed by atoms with Gasteiger partial charge >= 0.3 is 0 Å². The number of fused-ring (bicyclic) bond motifs is 5. The van der Waals surface area contributed by atoms with Crippen LogP contribution in [-0.2, 0) is 14.4 Å². The smallest absolute Gasteiger partial charge is 0.139 e. The Kier molecular flexibility index (Phi) is 4.36. The van der Waals surface area contributed by atoms with Crippen LogP contribution in [0.25, 0.3) is 0 Å². The first-order valence-electron chi connectivity index (χ1n) is 10.2. The first-order valence-corrected chi connectivity index (χ1v) is 10.2. The van der Waals surface area contributed by atoms with Gasteiger partial charge in [0.05, 0.1) is 5.71 Å². The highest BCUT2D eigenvalue weighted by atomic mass is 16.6. The Hall–Kier alpha value is -1.45. The van der Waals surface area contributed by atoms with Crippen molar-refractivity contribution < 1.29 is 14.4 Å². The van der Waals surface area contributed by atoms with Crippen LogP contribution in [0.2, 0.25) is 0 Å². The van der Waals surface area contributed by atoms with E-state index in [0.29, 0.717) is 48.8 Å². The number of nitrogens with zero attached hydrogens (tertiary/aromatic N) is 1. The Morgan fingerprint density at radius 3 is 2.73 bits per heavy atom. The number of carbonyl (C=O) groups is 2. The molecule has 0 aliphatic heterocycles. The Labute approximate surface area is 156 Å². The Morgan fingerprint density at radius 1 is 1.15 bits per heavy atom. The van der Waals surface area contributed by atoms with E-state index < -0.39 is 0 Å². The summed E-state index contributed by atoms with van der Waals surface area (Å²) in [7, 11) is 0. The van der Waals surface area contributed by atoms with Crippen LogP contribution < -0.4 is 0 Å². The molecular formula is C22H31NO3. The highest BCUT2D eigenvalue weighted by molar-refractivity contribution is 5.94. The van der Waals surface area contributed by atoms with Gasteiger partial charge in [-0.05, 0) is 55.3 Å². The molecule has 6 atom stereocenters. The largest absolute Gasteiger partial charge is 0.392 e. The second-order valence-corrected chi connectivity index (χ2v) is 9.47. The molecule has 0 aromatic heterocycles. The van der Waals surface area contributed by atoms with Crippen LogP contribution in [0.5, 0.6) is 0 Å². The van der Waals surface area contributed by atoms with Crippen molar-refractivity contribution in [3.05, 3.63) is 12.7 Å². The minimum atomic E-state index is -0.137. The van der Waals surface area contributed by atoms with Gasteiger partial charge in [0.2, 0.25) is 0 Å². The maximum Gasteiger partial charge on any atom is 0.139 e. The number of hydrogen-bond donors (Lipinski definition) is 0. The average molecular weight is 357 g/mol. The molecule has 142 valence electrons. The number of Topliss-reactive ketones (excluding diaryl/α,β-unsaturated/α-hetero) is 2. The van der Waals surface area contributed by atoms with Gasteiger partial charge in [0, 0.05) is 30.6 Å². The van der Waals surface area contributed by atoms with Crippen LogP contribution in [0.3, 0.4) is 0 Å². The lowest BCUT2D eigenvalue weighted by Gasteiger charge is -2.59. The van der Waals surface area contributed by atoms with Crippen molar-refractivity contribution in [2.45, 2.75) is 65.2 Å². The van der Waals surface area contributed by atoms with E-state index in [1.54, 1.807) is 6.08 Å². The molecule has 1 unspecified atom stereocenters. The van der Waals surface area contributed by atoms with Crippen molar-refractivity contribution in [2.24, 2.45) is 39.7 Å². The van der Waals surface area contributed by atoms with E-state index in [9.17, 15) is 9.59 Å². The number of ketones is 2. The lowest BCUT2D eigenvalue weighted by molar-refractivity contribution is -0.136. The molecule has 0 aromatic carbocycles. The fourth-order valence-corrected chi connectivity index (χ4v) is 6.91. The van der Waals surface area contributed by atoms with Crippen molar-refractivity contribution in [3.63, 3.8) is 0 Å². The summed E-state index contributed by atoms with van der Waals surface area (Å²) in [6.07, 6.45) is 8.75. The van der Waals surface area contributed by atoms with E-state index in [0.717, 1.165) is 44.2 Å². The molecule has 4 nitrogen and oxygen atoms in total. The SMILES string of the molecule is C=CCO/N=C1/C[C@@H]2[C@@H](CC[C@]3(C)C(=O)CC[C@@H]23)[C@@]2(C)CCC(=O)CC12. The lowest BCUT2D eigenvalue weighted by atomic mass is 9.45. The second-order valence-electron chi connectivity index (χ2n) is 9.47. The quantitative estimate of drug-likeness (QED) is 0.429. The van der Waals surface area contributed by atoms with Gasteiger partial charge in [-0.25, -0.2) is 0 Å². The van der Waals surface area contributed by atoms with E-state index >= 15 is 0 Å². The van der Waals surface area contributed by atoms with Gasteiger partial charge in [-0.1, -0.05) is 31.7 Å². The first kappa shape index (κ1) is 17.9. The monoisotopic (exact) mass is 357 g/mol. The Morgan fingerprint density at radius 2 is 1.96 bits per heavy atom. The molecular weight excluding hydrogens is 326 g/mol. The van der Waals surface area contributed by atoms with Gasteiger partial charge in [0.1, 0.15) is 18.2 Å². The first-order chi connectivity index (χ1) is 12.4. The molecule has 0 heterocycles. The van der Waals surface area contributed by atoms with Crippen LogP contribution in [0.15, 0.2) is 17.8 Å². The van der Waals surface area contributed by atoms with E-state index in [-0.39, 0.29) is 16.7 Å². The molecule has 0 radical (unpaired) electrons. The fraction of sp³-hybridized carbons (Fsp3) is 0.773. The van der Waals surface area contributed by atoms with Crippen LogP contribution in [0, 0.1) is 34.5 Å². The van der Waals surface area contributed by atoms with Crippen molar-refractivity contribution in [1.29, 1.82) is 0 Å². The summed E-state index contributed by atoms with van der Waals surface area (Å²) in [5.41, 5.74) is 1.04. The third kappa shape index (κ3) is 2.51. The predicted molar refractivity (Wildman–Crippen MR) is 101 cm³/mol. The summed E-state index contributed by atoms with van der Waals surface area (Å²) in [4.78, 5) is 30.3. The standard InChI is InChI=1S/C22H31NO3/c1-4-11-26-23-19-13-15-16-5-6-20(25)22(16,3)10-8-17(15)21(2)9-7-14(24)12-18(19)21/h4,15-18H,1,5-13H2,2-3H3/b23-19-/t15-,16-,17+,18?,21+,22-/m0/s1. The second kappa shape index (κ2) is 6.31. The van der Waals surface area contributed by atoms with Gasteiger partial charge in [-0.15, -0.1) is 0 Å². The zero-order valence-electron chi connectivity index (χ0n) is 16.1. The molecule has 0 N–H and O–H groups in total. The molecule has 0 amide bonds. The number of hydrogen-bond acceptors (Lipinski definition) is 4. The highest BCUT2D eigenvalue weighted by Gasteiger charge is 2.61. The van der Waals surface area contributed by atoms with Crippen LogP contribution in [0.1, 0.15) is 65.2 Å². The third-order valence-corrected chi connectivity index (χ3v) is 8.38. The maximum absolute atomic E-state index is 12.6. The molecule has 4 aliphatic rings. The normalized spacial score (nSPS) is 46.5. The van der Waals surface area contributed by atoms with Gasteiger partial charge in [-0.3, -0.25) is 9.59 Å². The molecule has 0 spiro atoms. The molecule has 0 aromatic rings. The predicted octanol–water partition coefficient (Wildman–Crippen LogP) is 4.34. The number of carbonyl (C=O) groups excluding carboxylic acids is 2. The number of rotatable bonds is 3. The summed E-state index contributed by atoms with van der Waals surface area (Å²) in [5, 5.41) is 4.49. The summed E-state index contributed by atoms with van der Waals surface area (Å²) >= 11 is 0. The van der Waals surface area contributed by atoms with Gasteiger partial charge in [0.25, 0.3) is 0 Å². The van der Waals surface area contributed by atoms with Crippen molar-refractivity contribution >= 4 is 17.3 Å². The molecule has 0 bridgehead atoms. The molecule has 26 heavy (non-hydrogen) atoms. The van der Waals surface area contributed by atoms with Crippen LogP contribution >= 0.6 is 0 Å². The maximum atomic E-state index is 12.6. The van der Waals surface area contributed by atoms with E-state index in [2.05, 4.69) is 25.6 Å². The minimum Gasteiger partial charge on any atom is -0.392 e. The average Bonchev–Trinajstić information content (AvgIpc) is 2.92. The third-order valence-electron chi connectivity index (χ3n) is 8.38. The molecule has 4 aliphatic carbocycles. The summed E-state index contributed by atoms with van der Waals surface area (Å²) in [6, 6.07) is 0. The summed E-state index contributed by atoms with van der Waals surface area (Å²) in [5.74, 6) is 2.60. The molecule has 4 rings (SSSR count). The molecule has 4 saturated carbocycles. The molecule has 0 saturated heterocycles. The Balaban J connectivity index is 1.70. The summed E-state index contributed by atoms with van der Waals surface area (Å²) < 4.78 is 0. The fourth-order valence-electron chi connectivity index (χ4n) is 6.91. The number of oxime groups is 1. The van der Waals surface area contributed by atoms with E-state index in [4.69, 9.17) is 4.84 Å². The van der Waals surface area contributed by atoms with Crippen molar-refractivity contribution in [3.8, 4) is 0 Å². The zero-order chi connectivity index (χ0) is 18.5. The van der Waals surface area contributed by atoms with Crippen molar-refractivity contribution in [1.82, 2.24) is 0 Å². The van der Waals surface area contributed by atoms with Crippen molar-refractivity contribution in [2.75, 3.05) is 6.61 Å². The lowest BCUT2D eigenvalue weighted by Crippen LogP contribution is -2.56. The zero-order valence-corrected chi connectivity index (χ0v) is 16.1. The van der Waals surface area contributed by atoms with Crippen LogP contribution in [-0.4, -0.2) is 23.9 Å². The topological polar surface area (TPSA) is 55.7 Å². The van der Waals surface area contributed by atoms with Gasteiger partial charge < -0.3 is 4.84 Å². The van der Waals surface area contributed by atoms with E-state index in [1.807, 2.05) is 0 Å². The Bertz CT molecular complexity index is 668. The summed E-state index contributed by atoms with van der Waals surface area (Å²) in [6.45, 7) is 8.67. The molecule has 4 fully saturated rings. The highest BCUT2D eigenvalue weighted by Crippen LogP contribution is 2.64. The van der Waals surface area contributed by atoms with Crippen LogP contribution in [0.4, 0.5) is 0 Å². The van der Waals surface area contributed by atoms with Gasteiger partial charge in [0.15, 0.2) is 0 Å². The minimum absolute atomic E-state index is 0.111. The van der Waals surface area contributed by atoms with E-state index in [1.165, 1.54) is 0 Å². The molecule has 4 heteroatoms.